The summed E-state index contributed by atoms with van der Waals surface area (Å²) >= 11 is 5.71. The molecule has 0 aliphatic rings. The molecule has 0 aromatic rings. The standard InChI is InChI=1S/C11H14ClN/c1-3-5-6-11(8-12)7-10(4-2)9-13/h4-7H,3,8H2,1-2H3/b6-5+,10-4+,11-7+. The summed E-state index contributed by atoms with van der Waals surface area (Å²) in [6.45, 7) is 3.90. The lowest BCUT2D eigenvalue weighted by atomic mass is 10.1. The zero-order chi connectivity index (χ0) is 10.1. The molecule has 0 spiro atoms. The molecule has 0 atom stereocenters. The highest BCUT2D eigenvalue weighted by Crippen LogP contribution is 2.06. The number of nitrogens with zero attached hydrogens (tertiary/aromatic N) is 1. The number of halogens is 1. The van der Waals surface area contributed by atoms with Gasteiger partial charge in [-0.25, -0.2) is 0 Å². The number of nitriles is 1. The predicted molar refractivity (Wildman–Crippen MR) is 57.6 cm³/mol. The van der Waals surface area contributed by atoms with Gasteiger partial charge in [0.2, 0.25) is 0 Å². The van der Waals surface area contributed by atoms with Gasteiger partial charge in [0, 0.05) is 11.5 Å². The lowest BCUT2D eigenvalue weighted by molar-refractivity contribution is 1.22. The smallest absolute Gasteiger partial charge is 0.0988 e. The fourth-order valence-corrected chi connectivity index (χ4v) is 0.947. The van der Waals surface area contributed by atoms with Crippen LogP contribution in [-0.4, -0.2) is 5.88 Å². The molecule has 2 heteroatoms. The van der Waals surface area contributed by atoms with Crippen molar-refractivity contribution in [3.05, 3.63) is 35.5 Å². The molecule has 0 radical (unpaired) electrons. The average Bonchev–Trinajstić information content (AvgIpc) is 2.19. The minimum atomic E-state index is 0.440. The number of hydrogen-bond acceptors (Lipinski definition) is 1. The maximum atomic E-state index is 8.67. The van der Waals surface area contributed by atoms with Crippen LogP contribution in [0.15, 0.2) is 35.5 Å². The van der Waals surface area contributed by atoms with Gasteiger partial charge in [0.15, 0.2) is 0 Å². The molecule has 0 saturated carbocycles. The number of allylic oxidation sites excluding steroid dienone is 6. The normalized spacial score (nSPS) is 13.4. The largest absolute Gasteiger partial charge is 0.192 e. The van der Waals surface area contributed by atoms with E-state index in [2.05, 4.69) is 13.0 Å². The van der Waals surface area contributed by atoms with Crippen LogP contribution in [0.2, 0.25) is 0 Å². The molecule has 0 N–H and O–H groups in total. The fraction of sp³-hybridized carbons (Fsp3) is 0.364. The van der Waals surface area contributed by atoms with Crippen LogP contribution >= 0.6 is 11.6 Å². The maximum Gasteiger partial charge on any atom is 0.0988 e. The summed E-state index contributed by atoms with van der Waals surface area (Å²) in [6.07, 6.45) is 8.53. The summed E-state index contributed by atoms with van der Waals surface area (Å²) in [5.41, 5.74) is 1.62. The van der Waals surface area contributed by atoms with Crippen LogP contribution in [0.1, 0.15) is 20.3 Å². The summed E-state index contributed by atoms with van der Waals surface area (Å²) in [5.74, 6) is 0.440. The van der Waals surface area contributed by atoms with Gasteiger partial charge < -0.3 is 0 Å². The topological polar surface area (TPSA) is 23.8 Å². The van der Waals surface area contributed by atoms with Gasteiger partial charge >= 0.3 is 0 Å². The molecule has 13 heavy (non-hydrogen) atoms. The van der Waals surface area contributed by atoms with E-state index >= 15 is 0 Å². The Hall–Kier alpha value is -1.00. The molecule has 0 aliphatic heterocycles. The van der Waals surface area contributed by atoms with E-state index in [9.17, 15) is 0 Å². The van der Waals surface area contributed by atoms with Crippen molar-refractivity contribution >= 4 is 11.6 Å². The van der Waals surface area contributed by atoms with Gasteiger partial charge in [0.05, 0.1) is 6.07 Å². The third-order valence-corrected chi connectivity index (χ3v) is 1.81. The highest BCUT2D eigenvalue weighted by atomic mass is 35.5. The summed E-state index contributed by atoms with van der Waals surface area (Å²) in [6, 6.07) is 2.09. The van der Waals surface area contributed by atoms with E-state index in [1.165, 1.54) is 0 Å². The second kappa shape index (κ2) is 7.64. The third-order valence-electron chi connectivity index (χ3n) is 1.50. The van der Waals surface area contributed by atoms with Crippen molar-refractivity contribution in [1.82, 2.24) is 0 Å². The van der Waals surface area contributed by atoms with Crippen molar-refractivity contribution in [3.8, 4) is 6.07 Å². The van der Waals surface area contributed by atoms with E-state index in [-0.39, 0.29) is 0 Å². The summed E-state index contributed by atoms with van der Waals surface area (Å²) in [4.78, 5) is 0. The first-order valence-corrected chi connectivity index (χ1v) is 4.81. The Morgan fingerprint density at radius 2 is 2.23 bits per heavy atom. The number of hydrogen-bond donors (Lipinski definition) is 0. The van der Waals surface area contributed by atoms with Crippen molar-refractivity contribution in [1.29, 1.82) is 5.26 Å². The lowest BCUT2D eigenvalue weighted by Crippen LogP contribution is -1.81. The molecule has 0 aromatic heterocycles. The Morgan fingerprint density at radius 3 is 2.62 bits per heavy atom. The molecule has 0 saturated heterocycles. The van der Waals surface area contributed by atoms with Crippen LogP contribution in [-0.2, 0) is 0 Å². The highest BCUT2D eigenvalue weighted by molar-refractivity contribution is 6.19. The Kier molecular flexibility index (Phi) is 7.05. The summed E-state index contributed by atoms with van der Waals surface area (Å²) < 4.78 is 0. The van der Waals surface area contributed by atoms with Crippen molar-refractivity contribution < 1.29 is 0 Å². The zero-order valence-electron chi connectivity index (χ0n) is 8.05. The molecule has 0 fully saturated rings. The first-order valence-electron chi connectivity index (χ1n) is 4.28. The molecule has 1 nitrogen and oxygen atoms in total. The van der Waals surface area contributed by atoms with Gasteiger partial charge in [-0.1, -0.05) is 25.2 Å². The molecule has 0 aliphatic carbocycles. The molecule has 0 bridgehead atoms. The lowest BCUT2D eigenvalue weighted by Gasteiger charge is -1.94. The number of alkyl halides is 1. The zero-order valence-corrected chi connectivity index (χ0v) is 8.80. The van der Waals surface area contributed by atoms with Crippen molar-refractivity contribution in [3.63, 3.8) is 0 Å². The fourth-order valence-electron chi connectivity index (χ4n) is 0.780. The molecule has 0 rings (SSSR count). The van der Waals surface area contributed by atoms with E-state index in [1.54, 1.807) is 12.2 Å². The molecule has 70 valence electrons. The van der Waals surface area contributed by atoms with Crippen LogP contribution in [0, 0.1) is 11.3 Å². The third kappa shape index (κ3) is 5.27. The molecular formula is C11H14ClN. The van der Waals surface area contributed by atoms with Crippen LogP contribution < -0.4 is 0 Å². The van der Waals surface area contributed by atoms with E-state index in [0.29, 0.717) is 11.5 Å². The number of rotatable bonds is 4. The van der Waals surface area contributed by atoms with Gasteiger partial charge in [0.25, 0.3) is 0 Å². The molecule has 0 unspecified atom stereocenters. The Morgan fingerprint density at radius 1 is 1.54 bits per heavy atom. The first kappa shape index (κ1) is 12.0. The first-order chi connectivity index (χ1) is 6.28. The Bertz CT molecular complexity index is 266. The highest BCUT2D eigenvalue weighted by Gasteiger charge is 1.92. The van der Waals surface area contributed by atoms with Crippen LogP contribution in [0.3, 0.4) is 0 Å². The molecular weight excluding hydrogens is 182 g/mol. The monoisotopic (exact) mass is 195 g/mol. The Balaban J connectivity index is 4.57. The predicted octanol–water partition coefficient (Wildman–Crippen LogP) is 3.59. The second-order valence-electron chi connectivity index (χ2n) is 2.52. The van der Waals surface area contributed by atoms with Crippen molar-refractivity contribution in [2.75, 3.05) is 5.88 Å². The van der Waals surface area contributed by atoms with Crippen LogP contribution in [0.25, 0.3) is 0 Å². The van der Waals surface area contributed by atoms with Crippen LogP contribution in [0.5, 0.6) is 0 Å². The average molecular weight is 196 g/mol. The van der Waals surface area contributed by atoms with Crippen LogP contribution in [0.4, 0.5) is 0 Å². The minimum Gasteiger partial charge on any atom is -0.192 e. The summed E-state index contributed by atoms with van der Waals surface area (Å²) in [5, 5.41) is 8.67. The van der Waals surface area contributed by atoms with E-state index in [1.807, 2.05) is 19.1 Å². The van der Waals surface area contributed by atoms with E-state index < -0.39 is 0 Å². The molecule has 0 heterocycles. The quantitative estimate of drug-likeness (QED) is 0.382. The SMILES string of the molecule is C\C=C(C#N)/C=C(\C=C\CC)CCl. The molecule has 0 amide bonds. The van der Waals surface area contributed by atoms with Crippen molar-refractivity contribution in [2.24, 2.45) is 0 Å². The molecule has 0 aromatic carbocycles. The van der Waals surface area contributed by atoms with Gasteiger partial charge in [0.1, 0.15) is 0 Å². The Labute approximate surface area is 85.0 Å². The maximum absolute atomic E-state index is 8.67. The van der Waals surface area contributed by atoms with E-state index in [4.69, 9.17) is 16.9 Å². The van der Waals surface area contributed by atoms with Gasteiger partial charge in [-0.05, 0) is 25.0 Å². The van der Waals surface area contributed by atoms with Gasteiger partial charge in [-0.15, -0.1) is 11.6 Å². The van der Waals surface area contributed by atoms with Gasteiger partial charge in [-0.2, -0.15) is 5.26 Å². The van der Waals surface area contributed by atoms with E-state index in [0.717, 1.165) is 12.0 Å². The van der Waals surface area contributed by atoms with Crippen molar-refractivity contribution in [2.45, 2.75) is 20.3 Å². The minimum absolute atomic E-state index is 0.440. The van der Waals surface area contributed by atoms with Gasteiger partial charge in [-0.3, -0.25) is 0 Å². The summed E-state index contributed by atoms with van der Waals surface area (Å²) in [7, 11) is 0. The second-order valence-corrected chi connectivity index (χ2v) is 2.79.